The van der Waals surface area contributed by atoms with Crippen LogP contribution in [-0.4, -0.2) is 38.6 Å². The van der Waals surface area contributed by atoms with Crippen molar-refractivity contribution in [2.75, 3.05) is 19.0 Å². The second-order valence-corrected chi connectivity index (χ2v) is 5.30. The van der Waals surface area contributed by atoms with Crippen molar-refractivity contribution in [3.8, 4) is 5.75 Å². The largest absolute Gasteiger partial charge is 0.496 e. The van der Waals surface area contributed by atoms with Crippen molar-refractivity contribution in [3.63, 3.8) is 0 Å². The highest BCUT2D eigenvalue weighted by atomic mass is 19.1. The molecule has 0 saturated heterocycles. The van der Waals surface area contributed by atoms with Gasteiger partial charge in [0.05, 0.1) is 37.9 Å². The monoisotopic (exact) mass is 331 g/mol. The zero-order valence-electron chi connectivity index (χ0n) is 13.4. The Morgan fingerprint density at radius 2 is 2.21 bits per heavy atom. The minimum Gasteiger partial charge on any atom is -0.496 e. The SMILES string of the molecule is COc1ccc(F)cc1[C@@H](C)Nc1ncnc2c1cnn2CCO. The number of fused-ring (bicyclic) bond motifs is 1. The molecule has 0 spiro atoms. The zero-order valence-corrected chi connectivity index (χ0v) is 13.4. The Balaban J connectivity index is 1.94. The summed E-state index contributed by atoms with van der Waals surface area (Å²) in [6, 6.07) is 4.15. The van der Waals surface area contributed by atoms with Crippen molar-refractivity contribution in [1.29, 1.82) is 0 Å². The molecule has 7 nitrogen and oxygen atoms in total. The van der Waals surface area contributed by atoms with Gasteiger partial charge in [-0.1, -0.05) is 0 Å². The van der Waals surface area contributed by atoms with E-state index in [4.69, 9.17) is 9.84 Å². The predicted octanol–water partition coefficient (Wildman–Crippen LogP) is 2.14. The molecule has 0 saturated carbocycles. The molecular formula is C16H18FN5O2. The summed E-state index contributed by atoms with van der Waals surface area (Å²) in [6.07, 6.45) is 3.07. The Kier molecular flexibility index (Phi) is 4.57. The van der Waals surface area contributed by atoms with Gasteiger partial charge < -0.3 is 15.2 Å². The molecule has 2 heterocycles. The minimum atomic E-state index is -0.331. The number of hydrogen-bond donors (Lipinski definition) is 2. The number of benzene rings is 1. The summed E-state index contributed by atoms with van der Waals surface area (Å²) in [5.41, 5.74) is 1.31. The molecule has 0 fully saturated rings. The van der Waals surface area contributed by atoms with Crippen molar-refractivity contribution in [2.45, 2.75) is 19.5 Å². The number of anilines is 1. The lowest BCUT2D eigenvalue weighted by molar-refractivity contribution is 0.271. The Labute approximate surface area is 138 Å². The average molecular weight is 331 g/mol. The van der Waals surface area contributed by atoms with Crippen LogP contribution in [0.5, 0.6) is 5.75 Å². The summed E-state index contributed by atoms with van der Waals surface area (Å²) in [5.74, 6) is 0.851. The first-order chi connectivity index (χ1) is 11.6. The highest BCUT2D eigenvalue weighted by Crippen LogP contribution is 2.29. The summed E-state index contributed by atoms with van der Waals surface area (Å²) in [7, 11) is 1.55. The molecule has 8 heteroatoms. The maximum Gasteiger partial charge on any atom is 0.163 e. The van der Waals surface area contributed by atoms with E-state index in [0.717, 1.165) is 5.39 Å². The number of methoxy groups -OCH3 is 1. The first kappa shape index (κ1) is 16.1. The third-order valence-corrected chi connectivity index (χ3v) is 3.76. The van der Waals surface area contributed by atoms with Crippen molar-refractivity contribution in [2.24, 2.45) is 0 Å². The number of aliphatic hydroxyl groups excluding tert-OH is 1. The molecule has 126 valence electrons. The van der Waals surface area contributed by atoms with E-state index in [1.54, 1.807) is 24.1 Å². The van der Waals surface area contributed by atoms with Crippen LogP contribution in [0.3, 0.4) is 0 Å². The van der Waals surface area contributed by atoms with Crippen LogP contribution in [0.15, 0.2) is 30.7 Å². The molecule has 3 rings (SSSR count). The van der Waals surface area contributed by atoms with Crippen LogP contribution >= 0.6 is 0 Å². The Bertz CT molecular complexity index is 852. The highest BCUT2D eigenvalue weighted by Gasteiger charge is 2.16. The molecule has 2 aromatic heterocycles. The van der Waals surface area contributed by atoms with Gasteiger partial charge in [-0.25, -0.2) is 19.0 Å². The molecule has 3 aromatic rings. The van der Waals surface area contributed by atoms with Gasteiger partial charge >= 0.3 is 0 Å². The molecule has 24 heavy (non-hydrogen) atoms. The summed E-state index contributed by atoms with van der Waals surface area (Å²) in [5, 5.41) is 17.3. The molecule has 0 aliphatic rings. The number of halogens is 1. The molecule has 0 bridgehead atoms. The van der Waals surface area contributed by atoms with Gasteiger partial charge in [0, 0.05) is 5.56 Å². The lowest BCUT2D eigenvalue weighted by atomic mass is 10.1. The molecule has 0 unspecified atom stereocenters. The maximum absolute atomic E-state index is 13.6. The number of rotatable bonds is 6. The van der Waals surface area contributed by atoms with Gasteiger partial charge in [0.25, 0.3) is 0 Å². The smallest absolute Gasteiger partial charge is 0.163 e. The van der Waals surface area contributed by atoms with Crippen molar-refractivity contribution in [1.82, 2.24) is 19.7 Å². The van der Waals surface area contributed by atoms with Crippen LogP contribution in [0.25, 0.3) is 11.0 Å². The van der Waals surface area contributed by atoms with Crippen LogP contribution in [0.2, 0.25) is 0 Å². The van der Waals surface area contributed by atoms with Gasteiger partial charge in [-0.2, -0.15) is 5.10 Å². The fraction of sp³-hybridized carbons (Fsp3) is 0.312. The van der Waals surface area contributed by atoms with Gasteiger partial charge in [0.1, 0.15) is 23.7 Å². The van der Waals surface area contributed by atoms with Crippen LogP contribution in [-0.2, 0) is 6.54 Å². The number of nitrogens with zero attached hydrogens (tertiary/aromatic N) is 4. The summed E-state index contributed by atoms with van der Waals surface area (Å²) in [4.78, 5) is 8.45. The van der Waals surface area contributed by atoms with E-state index in [1.165, 1.54) is 18.5 Å². The van der Waals surface area contributed by atoms with Crippen molar-refractivity contribution in [3.05, 3.63) is 42.1 Å². The van der Waals surface area contributed by atoms with Crippen LogP contribution < -0.4 is 10.1 Å². The molecule has 2 N–H and O–H groups in total. The van der Waals surface area contributed by atoms with Crippen LogP contribution in [0.1, 0.15) is 18.5 Å². The lowest BCUT2D eigenvalue weighted by Crippen LogP contribution is -2.10. The first-order valence-corrected chi connectivity index (χ1v) is 7.51. The van der Waals surface area contributed by atoms with Gasteiger partial charge in [0.15, 0.2) is 5.65 Å². The Morgan fingerprint density at radius 1 is 1.38 bits per heavy atom. The van der Waals surface area contributed by atoms with Gasteiger partial charge in [0.2, 0.25) is 0 Å². The topological polar surface area (TPSA) is 85.1 Å². The lowest BCUT2D eigenvalue weighted by Gasteiger charge is -2.18. The molecular weight excluding hydrogens is 313 g/mol. The van der Waals surface area contributed by atoms with E-state index in [9.17, 15) is 4.39 Å². The van der Waals surface area contributed by atoms with Crippen molar-refractivity contribution >= 4 is 16.9 Å². The van der Waals surface area contributed by atoms with Gasteiger partial charge in [-0.05, 0) is 25.1 Å². The van der Waals surface area contributed by atoms with Gasteiger partial charge in [-0.15, -0.1) is 0 Å². The van der Waals surface area contributed by atoms with E-state index < -0.39 is 0 Å². The third kappa shape index (κ3) is 3.00. The van der Waals surface area contributed by atoms with E-state index in [-0.39, 0.29) is 18.5 Å². The number of nitrogens with one attached hydrogen (secondary N) is 1. The van der Waals surface area contributed by atoms with Crippen LogP contribution in [0, 0.1) is 5.82 Å². The van der Waals surface area contributed by atoms with E-state index in [1.807, 2.05) is 6.92 Å². The van der Waals surface area contributed by atoms with E-state index in [2.05, 4.69) is 20.4 Å². The first-order valence-electron chi connectivity index (χ1n) is 7.51. The summed E-state index contributed by atoms with van der Waals surface area (Å²) in [6.45, 7) is 2.22. The van der Waals surface area contributed by atoms with Gasteiger partial charge in [-0.3, -0.25) is 0 Å². The quantitative estimate of drug-likeness (QED) is 0.720. The normalized spacial score (nSPS) is 12.3. The zero-order chi connectivity index (χ0) is 17.1. The molecule has 0 aliphatic heterocycles. The Morgan fingerprint density at radius 3 is 2.96 bits per heavy atom. The standard InChI is InChI=1S/C16H18FN5O2/c1-10(12-7-11(17)3-4-14(12)24-2)21-15-13-8-20-22(5-6-23)16(13)19-9-18-15/h3-4,7-10,23H,5-6H2,1-2H3,(H,18,19,21)/t10-/m1/s1. The fourth-order valence-electron chi connectivity index (χ4n) is 2.59. The molecule has 1 aromatic carbocycles. The fourth-order valence-corrected chi connectivity index (χ4v) is 2.59. The summed E-state index contributed by atoms with van der Waals surface area (Å²) < 4.78 is 20.5. The summed E-state index contributed by atoms with van der Waals surface area (Å²) >= 11 is 0. The minimum absolute atomic E-state index is 0.0273. The molecule has 0 aliphatic carbocycles. The molecule has 0 radical (unpaired) electrons. The number of ether oxygens (including phenoxy) is 1. The second kappa shape index (κ2) is 6.79. The highest BCUT2D eigenvalue weighted by molar-refractivity contribution is 5.86. The van der Waals surface area contributed by atoms with Crippen molar-refractivity contribution < 1.29 is 14.2 Å². The third-order valence-electron chi connectivity index (χ3n) is 3.76. The average Bonchev–Trinajstić information content (AvgIpc) is 2.99. The number of hydrogen-bond acceptors (Lipinski definition) is 6. The number of aliphatic hydroxyl groups is 1. The van der Waals surface area contributed by atoms with E-state index >= 15 is 0 Å². The predicted molar refractivity (Wildman–Crippen MR) is 87.4 cm³/mol. The van der Waals surface area contributed by atoms with E-state index in [0.29, 0.717) is 29.3 Å². The molecule has 0 amide bonds. The maximum atomic E-state index is 13.6. The second-order valence-electron chi connectivity index (χ2n) is 5.30. The number of aromatic nitrogens is 4. The molecule has 1 atom stereocenters. The van der Waals surface area contributed by atoms with Crippen LogP contribution in [0.4, 0.5) is 10.2 Å². The Hall–Kier alpha value is -2.74.